The van der Waals surface area contributed by atoms with Gasteiger partial charge in [0, 0.05) is 25.3 Å². The van der Waals surface area contributed by atoms with Crippen LogP contribution in [0.1, 0.15) is 64.5 Å². The lowest BCUT2D eigenvalue weighted by atomic mass is 9.85. The summed E-state index contributed by atoms with van der Waals surface area (Å²) in [5.41, 5.74) is 1.28. The third-order valence-corrected chi connectivity index (χ3v) is 4.90. The van der Waals surface area contributed by atoms with Gasteiger partial charge in [0.15, 0.2) is 0 Å². The van der Waals surface area contributed by atoms with Gasteiger partial charge in [0.1, 0.15) is 5.82 Å². The molecule has 0 spiro atoms. The number of hydrogen-bond donors (Lipinski definition) is 1. The Morgan fingerprint density at radius 3 is 2.71 bits per heavy atom. The zero-order valence-electron chi connectivity index (χ0n) is 14.1. The number of anilines is 1. The molecule has 0 radical (unpaired) electrons. The van der Waals surface area contributed by atoms with Crippen molar-refractivity contribution in [2.45, 2.75) is 65.0 Å². The molecule has 1 aliphatic carbocycles. The molecule has 1 aromatic rings. The lowest BCUT2D eigenvalue weighted by Gasteiger charge is -2.37. The largest absolute Gasteiger partial charge is 0.356 e. The molecule has 3 unspecified atom stereocenters. The van der Waals surface area contributed by atoms with Crippen LogP contribution < -0.4 is 10.2 Å². The second kappa shape index (κ2) is 7.79. The summed E-state index contributed by atoms with van der Waals surface area (Å²) in [5.74, 6) is 1.88. The van der Waals surface area contributed by atoms with Gasteiger partial charge in [-0.25, -0.2) is 4.98 Å². The van der Waals surface area contributed by atoms with Crippen LogP contribution in [0.4, 0.5) is 5.82 Å². The molecule has 3 atom stereocenters. The van der Waals surface area contributed by atoms with E-state index in [9.17, 15) is 0 Å². The molecule has 0 aromatic carbocycles. The number of aromatic nitrogens is 1. The Morgan fingerprint density at radius 1 is 1.33 bits per heavy atom. The summed E-state index contributed by atoms with van der Waals surface area (Å²) in [6.45, 7) is 7.84. The van der Waals surface area contributed by atoms with Crippen molar-refractivity contribution in [2.75, 3.05) is 18.5 Å². The van der Waals surface area contributed by atoms with Gasteiger partial charge in [-0.3, -0.25) is 0 Å². The van der Waals surface area contributed by atoms with Crippen molar-refractivity contribution >= 4 is 5.82 Å². The summed E-state index contributed by atoms with van der Waals surface area (Å²) in [7, 11) is 2.20. The van der Waals surface area contributed by atoms with Crippen LogP contribution >= 0.6 is 0 Å². The zero-order valence-corrected chi connectivity index (χ0v) is 14.1. The predicted octanol–water partition coefficient (Wildman–Crippen LogP) is 4.16. The maximum absolute atomic E-state index is 4.70. The van der Waals surface area contributed by atoms with Gasteiger partial charge in [-0.05, 0) is 50.3 Å². The van der Waals surface area contributed by atoms with Crippen LogP contribution in [-0.2, 0) is 0 Å². The van der Waals surface area contributed by atoms with Crippen LogP contribution in [0.2, 0.25) is 0 Å². The predicted molar refractivity (Wildman–Crippen MR) is 90.8 cm³/mol. The molecule has 1 saturated carbocycles. The molecule has 0 aliphatic heterocycles. The highest BCUT2D eigenvalue weighted by Gasteiger charge is 2.25. The molecule has 3 nitrogen and oxygen atoms in total. The van der Waals surface area contributed by atoms with E-state index in [-0.39, 0.29) is 0 Å². The maximum atomic E-state index is 4.70. The Labute approximate surface area is 130 Å². The van der Waals surface area contributed by atoms with Gasteiger partial charge in [0.05, 0.1) is 0 Å². The van der Waals surface area contributed by atoms with Crippen LogP contribution in [0.3, 0.4) is 0 Å². The molecule has 118 valence electrons. The molecule has 0 bridgehead atoms. The summed E-state index contributed by atoms with van der Waals surface area (Å²) in [5, 5.41) is 3.51. The van der Waals surface area contributed by atoms with Crippen molar-refractivity contribution in [3.63, 3.8) is 0 Å². The fourth-order valence-corrected chi connectivity index (χ4v) is 3.38. The molecule has 1 heterocycles. The average molecular weight is 289 g/mol. The molecular weight excluding hydrogens is 258 g/mol. The van der Waals surface area contributed by atoms with Crippen molar-refractivity contribution < 1.29 is 0 Å². The first-order valence-corrected chi connectivity index (χ1v) is 8.55. The van der Waals surface area contributed by atoms with Crippen molar-refractivity contribution in [3.05, 3.63) is 23.9 Å². The number of pyridine rings is 1. The maximum Gasteiger partial charge on any atom is 0.128 e. The molecule has 0 saturated heterocycles. The van der Waals surface area contributed by atoms with Gasteiger partial charge < -0.3 is 10.2 Å². The van der Waals surface area contributed by atoms with Crippen LogP contribution in [-0.4, -0.2) is 24.6 Å². The third-order valence-electron chi connectivity index (χ3n) is 4.90. The quantitative estimate of drug-likeness (QED) is 0.852. The minimum Gasteiger partial charge on any atom is -0.356 e. The third kappa shape index (κ3) is 4.19. The van der Waals surface area contributed by atoms with Crippen LogP contribution in [0.25, 0.3) is 0 Å². The standard InChI is InChI=1S/C18H31N3/c1-5-12-19-15(3)16-10-11-18(20-13-16)21(4)17-9-7-6-8-14(17)2/h10-11,13-15,17,19H,5-9,12H2,1-4H3. The molecule has 1 aliphatic rings. The topological polar surface area (TPSA) is 28.2 Å². The number of nitrogens with zero attached hydrogens (tertiary/aromatic N) is 2. The van der Waals surface area contributed by atoms with E-state index in [1.165, 1.54) is 31.2 Å². The SMILES string of the molecule is CCCNC(C)c1ccc(N(C)C2CCCCC2C)nc1. The molecular formula is C18H31N3. The van der Waals surface area contributed by atoms with E-state index in [0.29, 0.717) is 12.1 Å². The fraction of sp³-hybridized carbons (Fsp3) is 0.722. The highest BCUT2D eigenvalue weighted by Crippen LogP contribution is 2.29. The first-order valence-electron chi connectivity index (χ1n) is 8.55. The van der Waals surface area contributed by atoms with Crippen molar-refractivity contribution in [2.24, 2.45) is 5.92 Å². The lowest BCUT2D eigenvalue weighted by Crippen LogP contribution is -2.39. The lowest BCUT2D eigenvalue weighted by molar-refractivity contribution is 0.320. The van der Waals surface area contributed by atoms with E-state index in [0.717, 1.165) is 24.7 Å². The van der Waals surface area contributed by atoms with E-state index in [4.69, 9.17) is 4.98 Å². The second-order valence-corrected chi connectivity index (χ2v) is 6.57. The molecule has 2 rings (SSSR count). The van der Waals surface area contributed by atoms with E-state index in [1.54, 1.807) is 0 Å². The Morgan fingerprint density at radius 2 is 2.10 bits per heavy atom. The van der Waals surface area contributed by atoms with Gasteiger partial charge in [-0.15, -0.1) is 0 Å². The van der Waals surface area contributed by atoms with E-state index < -0.39 is 0 Å². The molecule has 21 heavy (non-hydrogen) atoms. The van der Waals surface area contributed by atoms with E-state index in [2.05, 4.69) is 50.2 Å². The normalized spacial score (nSPS) is 23.8. The fourth-order valence-electron chi connectivity index (χ4n) is 3.38. The summed E-state index contributed by atoms with van der Waals surface area (Å²) >= 11 is 0. The summed E-state index contributed by atoms with van der Waals surface area (Å²) in [4.78, 5) is 7.09. The number of hydrogen-bond acceptors (Lipinski definition) is 3. The smallest absolute Gasteiger partial charge is 0.128 e. The van der Waals surface area contributed by atoms with Crippen LogP contribution in [0.15, 0.2) is 18.3 Å². The van der Waals surface area contributed by atoms with Gasteiger partial charge in [0.2, 0.25) is 0 Å². The Hall–Kier alpha value is -1.09. The highest BCUT2D eigenvalue weighted by molar-refractivity contribution is 5.40. The van der Waals surface area contributed by atoms with Gasteiger partial charge in [-0.1, -0.05) is 32.8 Å². The Bertz CT molecular complexity index is 415. The molecule has 0 amide bonds. The molecule has 1 aromatic heterocycles. The monoisotopic (exact) mass is 289 g/mol. The summed E-state index contributed by atoms with van der Waals surface area (Å²) < 4.78 is 0. The molecule has 1 fully saturated rings. The van der Waals surface area contributed by atoms with Crippen LogP contribution in [0, 0.1) is 5.92 Å². The van der Waals surface area contributed by atoms with Crippen molar-refractivity contribution in [1.82, 2.24) is 10.3 Å². The van der Waals surface area contributed by atoms with Crippen molar-refractivity contribution in [3.8, 4) is 0 Å². The van der Waals surface area contributed by atoms with Gasteiger partial charge in [-0.2, -0.15) is 0 Å². The van der Waals surface area contributed by atoms with Crippen molar-refractivity contribution in [1.29, 1.82) is 0 Å². The average Bonchev–Trinajstić information content (AvgIpc) is 2.52. The van der Waals surface area contributed by atoms with Crippen LogP contribution in [0.5, 0.6) is 0 Å². The van der Waals surface area contributed by atoms with Gasteiger partial charge >= 0.3 is 0 Å². The van der Waals surface area contributed by atoms with E-state index >= 15 is 0 Å². The number of nitrogens with one attached hydrogen (secondary N) is 1. The Kier molecular flexibility index (Phi) is 6.04. The Balaban J connectivity index is 2.00. The minimum atomic E-state index is 0.380. The zero-order chi connectivity index (χ0) is 15.2. The first-order chi connectivity index (χ1) is 10.1. The number of rotatable bonds is 6. The highest BCUT2D eigenvalue weighted by atomic mass is 15.2. The second-order valence-electron chi connectivity index (χ2n) is 6.57. The molecule has 3 heteroatoms. The molecule has 1 N–H and O–H groups in total. The van der Waals surface area contributed by atoms with E-state index in [1.807, 2.05) is 6.20 Å². The van der Waals surface area contributed by atoms with Gasteiger partial charge in [0.25, 0.3) is 0 Å². The minimum absolute atomic E-state index is 0.380. The summed E-state index contributed by atoms with van der Waals surface area (Å²) in [6, 6.07) is 5.43. The summed E-state index contributed by atoms with van der Waals surface area (Å²) in [6.07, 6.45) is 8.60. The first kappa shape index (κ1) is 16.3.